The Morgan fingerprint density at radius 1 is 1.29 bits per heavy atom. The first-order valence-electron chi connectivity index (χ1n) is 5.77. The second kappa shape index (κ2) is 4.86. The second-order valence-electron chi connectivity index (χ2n) is 4.74. The zero-order valence-corrected chi connectivity index (χ0v) is 9.61. The number of hydrogen-bond acceptors (Lipinski definition) is 3. The maximum Gasteiger partial charge on any atom is 0.0436 e. The van der Waals surface area contributed by atoms with Crippen LogP contribution in [0.2, 0.25) is 0 Å². The number of rotatable bonds is 5. The third kappa shape index (κ3) is 2.88. The predicted octanol–water partition coefficient (Wildman–Crippen LogP) is 1.63. The zero-order valence-electron chi connectivity index (χ0n) is 8.80. The smallest absolute Gasteiger partial charge is 0.0436 e. The molecule has 82 valence electrons. The van der Waals surface area contributed by atoms with Crippen LogP contribution >= 0.6 is 11.8 Å². The minimum absolute atomic E-state index is 0.363. The van der Waals surface area contributed by atoms with E-state index < -0.39 is 0 Å². The quantitative estimate of drug-likeness (QED) is 0.731. The molecule has 14 heavy (non-hydrogen) atoms. The first kappa shape index (κ1) is 10.8. The van der Waals surface area contributed by atoms with Crippen LogP contribution in [0.3, 0.4) is 0 Å². The summed E-state index contributed by atoms with van der Waals surface area (Å²) in [5.41, 5.74) is 0.485. The summed E-state index contributed by atoms with van der Waals surface area (Å²) >= 11 is 2.08. The summed E-state index contributed by atoms with van der Waals surface area (Å²) in [6, 6.07) is 0.757. The molecule has 0 radical (unpaired) electrons. The van der Waals surface area contributed by atoms with Gasteiger partial charge in [0.15, 0.2) is 0 Å². The molecular weight excluding hydrogens is 194 g/mol. The van der Waals surface area contributed by atoms with Crippen molar-refractivity contribution < 1.29 is 5.11 Å². The maximum atomic E-state index is 8.95. The summed E-state index contributed by atoms with van der Waals surface area (Å²) in [6.45, 7) is 1.51. The Bertz CT molecular complexity index is 176. The van der Waals surface area contributed by atoms with Crippen molar-refractivity contribution in [3.63, 3.8) is 0 Å². The van der Waals surface area contributed by atoms with Gasteiger partial charge in [0.1, 0.15) is 0 Å². The highest BCUT2D eigenvalue weighted by atomic mass is 32.2. The molecule has 1 heterocycles. The standard InChI is InChI=1S/C11H21NOS/c13-6-5-11(3-4-11)9-12-10-1-7-14-8-2-10/h10,12-13H,1-9H2. The van der Waals surface area contributed by atoms with E-state index in [-0.39, 0.29) is 0 Å². The molecule has 1 saturated heterocycles. The molecule has 0 aromatic rings. The largest absolute Gasteiger partial charge is 0.396 e. The fraction of sp³-hybridized carbons (Fsp3) is 1.00. The SMILES string of the molecule is OCCC1(CNC2CCSCC2)CC1. The molecule has 0 bridgehead atoms. The summed E-state index contributed by atoms with van der Waals surface area (Å²) in [7, 11) is 0. The minimum atomic E-state index is 0.363. The molecule has 0 atom stereocenters. The van der Waals surface area contributed by atoms with Gasteiger partial charge in [-0.05, 0) is 49.0 Å². The number of hydrogen-bond donors (Lipinski definition) is 2. The van der Waals surface area contributed by atoms with Crippen molar-refractivity contribution in [2.24, 2.45) is 5.41 Å². The highest BCUT2D eigenvalue weighted by Gasteiger charge is 2.41. The first-order chi connectivity index (χ1) is 6.85. The molecule has 2 fully saturated rings. The van der Waals surface area contributed by atoms with Crippen molar-refractivity contribution in [2.45, 2.75) is 38.1 Å². The van der Waals surface area contributed by atoms with Gasteiger partial charge in [0.2, 0.25) is 0 Å². The predicted molar refractivity (Wildman–Crippen MR) is 61.7 cm³/mol. The molecule has 1 aliphatic heterocycles. The van der Waals surface area contributed by atoms with Gasteiger partial charge in [-0.25, -0.2) is 0 Å². The molecule has 3 heteroatoms. The van der Waals surface area contributed by atoms with E-state index in [0.717, 1.165) is 19.0 Å². The molecule has 2 nitrogen and oxygen atoms in total. The highest BCUT2D eigenvalue weighted by Crippen LogP contribution is 2.48. The highest BCUT2D eigenvalue weighted by molar-refractivity contribution is 7.99. The van der Waals surface area contributed by atoms with Gasteiger partial charge >= 0.3 is 0 Å². The summed E-state index contributed by atoms with van der Waals surface area (Å²) < 4.78 is 0. The van der Waals surface area contributed by atoms with Gasteiger partial charge in [-0.1, -0.05) is 0 Å². The van der Waals surface area contributed by atoms with E-state index in [1.807, 2.05) is 0 Å². The van der Waals surface area contributed by atoms with Crippen LogP contribution < -0.4 is 5.32 Å². The van der Waals surface area contributed by atoms with Crippen molar-refractivity contribution in [3.8, 4) is 0 Å². The van der Waals surface area contributed by atoms with Crippen LogP contribution in [0.15, 0.2) is 0 Å². The van der Waals surface area contributed by atoms with Crippen LogP contribution in [0.4, 0.5) is 0 Å². The van der Waals surface area contributed by atoms with Crippen LogP contribution in [-0.4, -0.2) is 35.8 Å². The van der Waals surface area contributed by atoms with Crippen LogP contribution in [-0.2, 0) is 0 Å². The summed E-state index contributed by atoms with van der Waals surface area (Å²) in [6.07, 6.45) is 6.31. The molecule has 2 aliphatic rings. The van der Waals surface area contributed by atoms with Gasteiger partial charge in [-0.3, -0.25) is 0 Å². The molecule has 0 aromatic carbocycles. The van der Waals surface area contributed by atoms with Crippen LogP contribution in [0, 0.1) is 5.41 Å². The van der Waals surface area contributed by atoms with E-state index >= 15 is 0 Å². The summed E-state index contributed by atoms with van der Waals surface area (Å²) in [4.78, 5) is 0. The van der Waals surface area contributed by atoms with Gasteiger partial charge in [-0.15, -0.1) is 0 Å². The average Bonchev–Trinajstić information content (AvgIpc) is 2.98. The van der Waals surface area contributed by atoms with E-state index in [4.69, 9.17) is 5.11 Å². The first-order valence-corrected chi connectivity index (χ1v) is 6.92. The number of nitrogens with one attached hydrogen (secondary N) is 1. The van der Waals surface area contributed by atoms with Crippen molar-refractivity contribution in [1.82, 2.24) is 5.32 Å². The molecule has 1 aliphatic carbocycles. The number of thioether (sulfide) groups is 1. The lowest BCUT2D eigenvalue weighted by Gasteiger charge is -2.25. The van der Waals surface area contributed by atoms with E-state index in [0.29, 0.717) is 12.0 Å². The fourth-order valence-electron chi connectivity index (χ4n) is 2.19. The monoisotopic (exact) mass is 215 g/mol. The van der Waals surface area contributed by atoms with E-state index in [2.05, 4.69) is 17.1 Å². The fourth-order valence-corrected chi connectivity index (χ4v) is 3.30. The van der Waals surface area contributed by atoms with Crippen molar-refractivity contribution in [3.05, 3.63) is 0 Å². The zero-order chi connectivity index (χ0) is 9.86. The van der Waals surface area contributed by atoms with E-state index in [9.17, 15) is 0 Å². The van der Waals surface area contributed by atoms with Crippen molar-refractivity contribution in [2.75, 3.05) is 24.7 Å². The molecule has 0 amide bonds. The lowest BCUT2D eigenvalue weighted by molar-refractivity contribution is 0.241. The van der Waals surface area contributed by atoms with E-state index in [1.54, 1.807) is 0 Å². The molecule has 2 rings (SSSR count). The molecular formula is C11H21NOS. The number of aliphatic hydroxyl groups is 1. The Labute approximate surface area is 90.8 Å². The Balaban J connectivity index is 1.65. The molecule has 1 saturated carbocycles. The van der Waals surface area contributed by atoms with E-state index in [1.165, 1.54) is 37.2 Å². The number of aliphatic hydroxyl groups excluding tert-OH is 1. The third-order valence-electron chi connectivity index (χ3n) is 3.59. The topological polar surface area (TPSA) is 32.3 Å². The molecule has 0 unspecified atom stereocenters. The average molecular weight is 215 g/mol. The lowest BCUT2D eigenvalue weighted by Crippen LogP contribution is -2.36. The minimum Gasteiger partial charge on any atom is -0.396 e. The molecule has 0 spiro atoms. The third-order valence-corrected chi connectivity index (χ3v) is 4.64. The van der Waals surface area contributed by atoms with Crippen molar-refractivity contribution >= 4 is 11.8 Å². The van der Waals surface area contributed by atoms with Crippen molar-refractivity contribution in [1.29, 1.82) is 0 Å². The second-order valence-corrected chi connectivity index (χ2v) is 5.97. The maximum absolute atomic E-state index is 8.95. The Kier molecular flexibility index (Phi) is 3.74. The summed E-state index contributed by atoms with van der Waals surface area (Å²) in [5.74, 6) is 2.65. The normalized spacial score (nSPS) is 26.4. The Morgan fingerprint density at radius 3 is 2.57 bits per heavy atom. The lowest BCUT2D eigenvalue weighted by atomic mass is 10.0. The van der Waals surface area contributed by atoms with Gasteiger partial charge in [0, 0.05) is 19.2 Å². The van der Waals surface area contributed by atoms with Crippen LogP contribution in [0.25, 0.3) is 0 Å². The molecule has 0 aromatic heterocycles. The van der Waals surface area contributed by atoms with Gasteiger partial charge in [0.05, 0.1) is 0 Å². The Morgan fingerprint density at radius 2 is 2.00 bits per heavy atom. The Hall–Kier alpha value is 0.270. The van der Waals surface area contributed by atoms with Crippen LogP contribution in [0.5, 0.6) is 0 Å². The summed E-state index contributed by atoms with van der Waals surface area (Å²) in [5, 5.41) is 12.6. The van der Waals surface area contributed by atoms with Crippen LogP contribution in [0.1, 0.15) is 32.1 Å². The van der Waals surface area contributed by atoms with Gasteiger partial charge < -0.3 is 10.4 Å². The van der Waals surface area contributed by atoms with Gasteiger partial charge in [-0.2, -0.15) is 11.8 Å². The van der Waals surface area contributed by atoms with Gasteiger partial charge in [0.25, 0.3) is 0 Å². The molecule has 2 N–H and O–H groups in total.